The van der Waals surface area contributed by atoms with Crippen molar-refractivity contribution in [3.05, 3.63) is 162 Å². The third-order valence-electron chi connectivity index (χ3n) is 10.3. The van der Waals surface area contributed by atoms with Gasteiger partial charge in [0.1, 0.15) is 5.75 Å². The van der Waals surface area contributed by atoms with Gasteiger partial charge in [0.25, 0.3) is 0 Å². The highest BCUT2D eigenvalue weighted by atomic mass is 16.5. The largest absolute Gasteiger partial charge is 0.426 e. The molecule has 266 valence electrons. The Morgan fingerprint density at radius 3 is 1.15 bits per heavy atom. The molecule has 55 heavy (non-hydrogen) atoms. The van der Waals surface area contributed by atoms with E-state index in [9.17, 15) is 4.79 Å². The van der Waals surface area contributed by atoms with Crippen LogP contribution in [0.3, 0.4) is 0 Å². The Kier molecular flexibility index (Phi) is 8.84. The monoisotopic (exact) mass is 714 g/mol. The molecule has 9 rings (SSSR count). The van der Waals surface area contributed by atoms with Gasteiger partial charge in [0, 0.05) is 44.3 Å². The van der Waals surface area contributed by atoms with Gasteiger partial charge in [-0.3, -0.25) is 4.79 Å². The highest BCUT2D eigenvalue weighted by Gasteiger charge is 2.19. The van der Waals surface area contributed by atoms with E-state index in [0.717, 1.165) is 95.8 Å². The van der Waals surface area contributed by atoms with Crippen molar-refractivity contribution < 1.29 is 9.53 Å². The first-order valence-electron chi connectivity index (χ1n) is 18.7. The van der Waals surface area contributed by atoms with Crippen LogP contribution in [0.4, 0.5) is 0 Å². The molecule has 2 aliphatic rings. The number of nitrogens with one attached hydrogen (secondary N) is 2. The van der Waals surface area contributed by atoms with E-state index in [1.54, 1.807) is 0 Å². The summed E-state index contributed by atoms with van der Waals surface area (Å²) in [6.45, 7) is 3.87. The van der Waals surface area contributed by atoms with Crippen LogP contribution in [0.5, 0.6) is 5.75 Å². The lowest BCUT2D eigenvalue weighted by atomic mass is 10.0. The van der Waals surface area contributed by atoms with Crippen LogP contribution in [0.15, 0.2) is 140 Å². The minimum Gasteiger partial charge on any atom is -0.426 e. The van der Waals surface area contributed by atoms with Crippen molar-refractivity contribution in [1.29, 1.82) is 0 Å². The van der Waals surface area contributed by atoms with Crippen molar-refractivity contribution in [1.82, 2.24) is 19.9 Å². The van der Waals surface area contributed by atoms with Gasteiger partial charge in [-0.15, -0.1) is 0 Å². The van der Waals surface area contributed by atoms with Crippen LogP contribution in [-0.4, -0.2) is 25.9 Å². The SMILES string of the molecule is CCC(C)C(=O)Oc1ccc(-c2c3nc(c(-c4ccccc4)c4ccc([nH]4)c(-c4ccccc4)c4nc(c(-c5ccccc5)c5ccc2[nH]5)C=C4)C=C3)cc1. The molecule has 2 aliphatic heterocycles. The Balaban J connectivity index is 1.38. The Bertz CT molecular complexity index is 2740. The van der Waals surface area contributed by atoms with Crippen molar-refractivity contribution in [3.8, 4) is 50.3 Å². The summed E-state index contributed by atoms with van der Waals surface area (Å²) in [4.78, 5) is 30.9. The number of fused-ring (bicyclic) bond motifs is 8. The first kappa shape index (κ1) is 33.8. The van der Waals surface area contributed by atoms with E-state index >= 15 is 0 Å². The van der Waals surface area contributed by atoms with Gasteiger partial charge in [0.05, 0.1) is 28.7 Å². The van der Waals surface area contributed by atoms with Crippen LogP contribution in [0.1, 0.15) is 43.0 Å². The second-order valence-electron chi connectivity index (χ2n) is 13.9. The van der Waals surface area contributed by atoms with Crippen molar-refractivity contribution in [2.45, 2.75) is 20.3 Å². The lowest BCUT2D eigenvalue weighted by Crippen LogP contribution is -2.16. The number of aromatic amines is 2. The van der Waals surface area contributed by atoms with Crippen LogP contribution in [0.25, 0.3) is 90.9 Å². The quantitative estimate of drug-likeness (QED) is 0.127. The summed E-state index contributed by atoms with van der Waals surface area (Å²) >= 11 is 0. The van der Waals surface area contributed by atoms with Gasteiger partial charge in [-0.1, -0.05) is 117 Å². The molecule has 0 aliphatic carbocycles. The standard InChI is InChI=1S/C49H38N4O2/c1-3-31(2)49(54)55-36-21-19-35(20-22-36)48-43-29-27-41(52-43)46(33-15-9-5-10-16-33)39-25-23-37(50-39)45(32-13-7-4-8-14-32)38-24-26-40(51-38)47(34-17-11-6-12-18-34)42-28-30-44(48)53-42/h4-31,50,53H,3H2,1-2H3. The van der Waals surface area contributed by atoms with E-state index in [2.05, 4.69) is 131 Å². The number of rotatable bonds is 7. The molecule has 4 aromatic carbocycles. The number of esters is 1. The molecule has 0 saturated heterocycles. The fourth-order valence-electron chi connectivity index (χ4n) is 7.31. The number of benzene rings is 4. The second kappa shape index (κ2) is 14.4. The molecular formula is C49H38N4O2. The molecule has 0 amide bonds. The average molecular weight is 715 g/mol. The Hall–Kier alpha value is -7.05. The van der Waals surface area contributed by atoms with E-state index in [1.165, 1.54) is 0 Å². The van der Waals surface area contributed by atoms with Crippen LogP contribution in [0.2, 0.25) is 0 Å². The summed E-state index contributed by atoms with van der Waals surface area (Å²) < 4.78 is 5.72. The first-order chi connectivity index (χ1) is 27.0. The third kappa shape index (κ3) is 6.48. The summed E-state index contributed by atoms with van der Waals surface area (Å²) in [5, 5.41) is 0. The molecule has 7 aromatic rings. The van der Waals surface area contributed by atoms with E-state index in [4.69, 9.17) is 14.7 Å². The number of H-pyrrole nitrogens is 2. The Morgan fingerprint density at radius 2 is 0.818 bits per heavy atom. The van der Waals surface area contributed by atoms with Gasteiger partial charge < -0.3 is 14.7 Å². The zero-order chi connectivity index (χ0) is 37.3. The molecule has 6 nitrogen and oxygen atoms in total. The summed E-state index contributed by atoms with van der Waals surface area (Å²) in [7, 11) is 0. The van der Waals surface area contributed by atoms with E-state index < -0.39 is 0 Å². The van der Waals surface area contributed by atoms with E-state index in [0.29, 0.717) is 5.75 Å². The summed E-state index contributed by atoms with van der Waals surface area (Å²) in [6, 6.07) is 47.4. The minimum atomic E-state index is -0.234. The predicted molar refractivity (Wildman–Crippen MR) is 226 cm³/mol. The normalized spacial score (nSPS) is 12.5. The molecule has 6 heteroatoms. The van der Waals surface area contributed by atoms with Crippen molar-refractivity contribution in [2.24, 2.45) is 5.92 Å². The van der Waals surface area contributed by atoms with E-state index in [1.807, 2.05) is 56.3 Å². The number of carbonyl (C=O) groups is 1. The lowest BCUT2D eigenvalue weighted by Gasteiger charge is -2.10. The van der Waals surface area contributed by atoms with E-state index in [-0.39, 0.29) is 11.9 Å². The fraction of sp³-hybridized carbons (Fsp3) is 0.0816. The van der Waals surface area contributed by atoms with Crippen molar-refractivity contribution >= 4 is 52.3 Å². The summed E-state index contributed by atoms with van der Waals surface area (Å²) in [5.74, 6) is 0.100. The number of hydrogen-bond donors (Lipinski definition) is 2. The number of aromatic nitrogens is 4. The predicted octanol–water partition coefficient (Wildman–Crippen LogP) is 12.3. The van der Waals surface area contributed by atoms with Crippen LogP contribution in [0, 0.1) is 5.92 Å². The molecule has 0 radical (unpaired) electrons. The number of carbonyl (C=O) groups excluding carboxylic acids is 1. The molecule has 1 unspecified atom stereocenters. The number of hydrogen-bond acceptors (Lipinski definition) is 4. The highest BCUT2D eigenvalue weighted by Crippen LogP contribution is 2.38. The topological polar surface area (TPSA) is 83.7 Å². The van der Waals surface area contributed by atoms with Crippen molar-refractivity contribution in [2.75, 3.05) is 0 Å². The van der Waals surface area contributed by atoms with Crippen LogP contribution in [-0.2, 0) is 4.79 Å². The van der Waals surface area contributed by atoms with Gasteiger partial charge in [0.15, 0.2) is 0 Å². The maximum absolute atomic E-state index is 12.6. The molecule has 5 heterocycles. The molecule has 2 N–H and O–H groups in total. The Morgan fingerprint density at radius 1 is 0.491 bits per heavy atom. The molecule has 8 bridgehead atoms. The molecule has 0 fully saturated rings. The average Bonchev–Trinajstić information content (AvgIpc) is 4.07. The minimum absolute atomic E-state index is 0.178. The molecule has 0 spiro atoms. The van der Waals surface area contributed by atoms with Gasteiger partial charge in [-0.05, 0) is 89.4 Å². The third-order valence-corrected chi connectivity index (χ3v) is 10.3. The van der Waals surface area contributed by atoms with Gasteiger partial charge in [-0.25, -0.2) is 9.97 Å². The summed E-state index contributed by atoms with van der Waals surface area (Å²) in [6.07, 6.45) is 9.12. The number of ether oxygens (including phenoxy) is 1. The van der Waals surface area contributed by atoms with Gasteiger partial charge in [-0.2, -0.15) is 0 Å². The van der Waals surface area contributed by atoms with Gasteiger partial charge >= 0.3 is 5.97 Å². The molecular weight excluding hydrogens is 677 g/mol. The van der Waals surface area contributed by atoms with Crippen molar-refractivity contribution in [3.63, 3.8) is 0 Å². The first-order valence-corrected chi connectivity index (χ1v) is 18.7. The summed E-state index contributed by atoms with van der Waals surface area (Å²) in [5.41, 5.74) is 15.2. The highest BCUT2D eigenvalue weighted by molar-refractivity contribution is 5.99. The Labute approximate surface area is 319 Å². The molecule has 0 saturated carbocycles. The molecule has 1 atom stereocenters. The van der Waals surface area contributed by atoms with Crippen LogP contribution < -0.4 is 4.74 Å². The lowest BCUT2D eigenvalue weighted by molar-refractivity contribution is -0.138. The van der Waals surface area contributed by atoms with Crippen LogP contribution >= 0.6 is 0 Å². The number of nitrogens with zero attached hydrogens (tertiary/aromatic N) is 2. The smallest absolute Gasteiger partial charge is 0.314 e. The maximum atomic E-state index is 12.6. The molecule has 3 aromatic heterocycles. The van der Waals surface area contributed by atoms with Gasteiger partial charge in [0.2, 0.25) is 0 Å². The fourth-order valence-corrected chi connectivity index (χ4v) is 7.31. The zero-order valence-electron chi connectivity index (χ0n) is 30.6. The maximum Gasteiger partial charge on any atom is 0.314 e. The second-order valence-corrected chi connectivity index (χ2v) is 13.9. The zero-order valence-corrected chi connectivity index (χ0v) is 30.6.